The second-order valence-corrected chi connectivity index (χ2v) is 7.13. The Balaban J connectivity index is 1.59. The molecular formula is C19H25N5O3. The number of hydrogen-bond donors (Lipinski definition) is 2. The molecule has 0 aliphatic carbocycles. The summed E-state index contributed by atoms with van der Waals surface area (Å²) in [7, 11) is 1.81. The monoisotopic (exact) mass is 371 g/mol. The number of aryl methyl sites for hydroxylation is 1. The quantitative estimate of drug-likeness (QED) is 0.764. The van der Waals surface area contributed by atoms with E-state index in [0.29, 0.717) is 31.8 Å². The fourth-order valence-corrected chi connectivity index (χ4v) is 3.50. The predicted octanol–water partition coefficient (Wildman–Crippen LogP) is 1.43. The number of carboxylic acids is 1. The molecule has 144 valence electrons. The van der Waals surface area contributed by atoms with Crippen molar-refractivity contribution < 1.29 is 14.7 Å². The predicted molar refractivity (Wildman–Crippen MR) is 100 cm³/mol. The van der Waals surface area contributed by atoms with Crippen molar-refractivity contribution in [1.29, 1.82) is 0 Å². The molecule has 0 radical (unpaired) electrons. The summed E-state index contributed by atoms with van der Waals surface area (Å²) >= 11 is 0. The van der Waals surface area contributed by atoms with Crippen LogP contribution in [0.3, 0.4) is 0 Å². The van der Waals surface area contributed by atoms with E-state index in [0.717, 1.165) is 11.4 Å². The average Bonchev–Trinajstić information content (AvgIpc) is 3.00. The number of carbonyl (C=O) groups is 2. The first kappa shape index (κ1) is 19.0. The molecule has 8 heteroatoms. The van der Waals surface area contributed by atoms with Gasteiger partial charge in [-0.2, -0.15) is 4.98 Å². The number of fused-ring (bicyclic) bond motifs is 1. The SMILES string of the molecule is CC1Cc2nc(NC(=O)CCc3ccccc3)nn2CC1N(C)CC(=O)O. The highest BCUT2D eigenvalue weighted by Crippen LogP contribution is 2.23. The van der Waals surface area contributed by atoms with E-state index < -0.39 is 5.97 Å². The van der Waals surface area contributed by atoms with Crippen LogP contribution in [0.2, 0.25) is 0 Å². The van der Waals surface area contributed by atoms with Crippen LogP contribution in [0, 0.1) is 5.92 Å². The van der Waals surface area contributed by atoms with Gasteiger partial charge in [0.15, 0.2) is 0 Å². The van der Waals surface area contributed by atoms with Gasteiger partial charge in [0.2, 0.25) is 11.9 Å². The molecule has 0 fully saturated rings. The molecule has 3 rings (SSSR count). The van der Waals surface area contributed by atoms with Gasteiger partial charge in [-0.1, -0.05) is 37.3 Å². The van der Waals surface area contributed by atoms with Crippen molar-refractivity contribution >= 4 is 17.8 Å². The Bertz CT molecular complexity index is 805. The molecule has 2 N–H and O–H groups in total. The van der Waals surface area contributed by atoms with Crippen molar-refractivity contribution in [2.75, 3.05) is 18.9 Å². The van der Waals surface area contributed by atoms with E-state index >= 15 is 0 Å². The van der Waals surface area contributed by atoms with Crippen LogP contribution in [0.4, 0.5) is 5.95 Å². The largest absolute Gasteiger partial charge is 0.480 e. The second kappa shape index (κ2) is 8.30. The number of anilines is 1. The van der Waals surface area contributed by atoms with Crippen molar-refractivity contribution in [3.8, 4) is 0 Å². The number of aliphatic carboxylic acids is 1. The molecule has 0 spiro atoms. The van der Waals surface area contributed by atoms with Gasteiger partial charge in [0.1, 0.15) is 5.82 Å². The number of amides is 1. The molecule has 1 amide bonds. The lowest BCUT2D eigenvalue weighted by molar-refractivity contribution is -0.138. The van der Waals surface area contributed by atoms with Crippen LogP contribution >= 0.6 is 0 Å². The van der Waals surface area contributed by atoms with Crippen molar-refractivity contribution in [2.24, 2.45) is 5.92 Å². The molecule has 2 atom stereocenters. The minimum absolute atomic E-state index is 0.0118. The summed E-state index contributed by atoms with van der Waals surface area (Å²) in [4.78, 5) is 29.4. The van der Waals surface area contributed by atoms with Crippen molar-refractivity contribution in [3.63, 3.8) is 0 Å². The molecule has 2 heterocycles. The third kappa shape index (κ3) is 4.91. The van der Waals surface area contributed by atoms with E-state index in [9.17, 15) is 9.59 Å². The van der Waals surface area contributed by atoms with E-state index in [1.165, 1.54) is 0 Å². The fraction of sp³-hybridized carbons (Fsp3) is 0.474. The zero-order valence-corrected chi connectivity index (χ0v) is 15.6. The van der Waals surface area contributed by atoms with Gasteiger partial charge in [0.05, 0.1) is 13.1 Å². The summed E-state index contributed by atoms with van der Waals surface area (Å²) in [6, 6.07) is 9.92. The van der Waals surface area contributed by atoms with Gasteiger partial charge in [-0.05, 0) is 24.9 Å². The highest BCUT2D eigenvalue weighted by molar-refractivity contribution is 5.89. The Hall–Kier alpha value is -2.74. The van der Waals surface area contributed by atoms with Crippen molar-refractivity contribution in [2.45, 2.75) is 38.8 Å². The van der Waals surface area contributed by atoms with E-state index in [1.807, 2.05) is 42.3 Å². The molecule has 8 nitrogen and oxygen atoms in total. The van der Waals surface area contributed by atoms with Crippen molar-refractivity contribution in [1.82, 2.24) is 19.7 Å². The number of nitrogens with one attached hydrogen (secondary N) is 1. The zero-order chi connectivity index (χ0) is 19.4. The maximum Gasteiger partial charge on any atom is 0.317 e. The number of benzene rings is 1. The van der Waals surface area contributed by atoms with Gasteiger partial charge >= 0.3 is 5.97 Å². The minimum Gasteiger partial charge on any atom is -0.480 e. The van der Waals surface area contributed by atoms with Crippen LogP contribution < -0.4 is 5.32 Å². The lowest BCUT2D eigenvalue weighted by Gasteiger charge is -2.35. The summed E-state index contributed by atoms with van der Waals surface area (Å²) in [5.41, 5.74) is 1.11. The van der Waals surface area contributed by atoms with Crippen LogP contribution in [0.1, 0.15) is 24.7 Å². The maximum absolute atomic E-state index is 12.2. The van der Waals surface area contributed by atoms with Gasteiger partial charge in [-0.25, -0.2) is 4.68 Å². The molecule has 1 aromatic carbocycles. The first-order valence-corrected chi connectivity index (χ1v) is 9.12. The fourth-order valence-electron chi connectivity index (χ4n) is 3.50. The highest BCUT2D eigenvalue weighted by Gasteiger charge is 2.31. The molecule has 0 bridgehead atoms. The molecule has 1 aromatic heterocycles. The second-order valence-electron chi connectivity index (χ2n) is 7.13. The van der Waals surface area contributed by atoms with Gasteiger partial charge < -0.3 is 5.11 Å². The highest BCUT2D eigenvalue weighted by atomic mass is 16.4. The Morgan fingerprint density at radius 2 is 2.07 bits per heavy atom. The number of likely N-dealkylation sites (N-methyl/N-ethyl adjacent to an activating group) is 1. The lowest BCUT2D eigenvalue weighted by atomic mass is 9.93. The number of hydrogen-bond acceptors (Lipinski definition) is 5. The van der Waals surface area contributed by atoms with Gasteiger partial charge in [-0.15, -0.1) is 5.10 Å². The average molecular weight is 371 g/mol. The Labute approximate surface area is 158 Å². The molecule has 1 aliphatic rings. The smallest absolute Gasteiger partial charge is 0.317 e. The Morgan fingerprint density at radius 1 is 1.33 bits per heavy atom. The minimum atomic E-state index is -0.847. The molecular weight excluding hydrogens is 346 g/mol. The van der Waals surface area contributed by atoms with Crippen LogP contribution in [0.15, 0.2) is 30.3 Å². The number of nitrogens with zero attached hydrogens (tertiary/aromatic N) is 4. The summed E-state index contributed by atoms with van der Waals surface area (Å²) in [5, 5.41) is 16.2. The molecule has 27 heavy (non-hydrogen) atoms. The summed E-state index contributed by atoms with van der Waals surface area (Å²) in [6.45, 7) is 2.63. The van der Waals surface area contributed by atoms with E-state index in [-0.39, 0.29) is 24.4 Å². The van der Waals surface area contributed by atoms with E-state index in [2.05, 4.69) is 22.3 Å². The topological polar surface area (TPSA) is 100 Å². The van der Waals surface area contributed by atoms with E-state index in [1.54, 1.807) is 4.68 Å². The maximum atomic E-state index is 12.2. The Morgan fingerprint density at radius 3 is 2.78 bits per heavy atom. The number of carbonyl (C=O) groups excluding carboxylic acids is 1. The normalized spacial score (nSPS) is 18.9. The number of aromatic nitrogens is 3. The van der Waals surface area contributed by atoms with Gasteiger partial charge in [0, 0.05) is 18.9 Å². The summed E-state index contributed by atoms with van der Waals surface area (Å²) in [5.74, 6) is 0.431. The molecule has 2 unspecified atom stereocenters. The lowest BCUT2D eigenvalue weighted by Crippen LogP contribution is -2.46. The standard InChI is InChI=1S/C19H25N5O3/c1-13-10-16-20-19(21-17(25)9-8-14-6-4-3-5-7-14)22-24(16)11-15(13)23(2)12-18(26)27/h3-7,13,15H,8-12H2,1-2H3,(H,26,27)(H,21,22,25). The number of rotatable bonds is 7. The van der Waals surface area contributed by atoms with E-state index in [4.69, 9.17) is 5.11 Å². The molecule has 2 aromatic rings. The summed E-state index contributed by atoms with van der Waals surface area (Å²) < 4.78 is 1.77. The number of carboxylic acid groups (broad SMARTS) is 1. The van der Waals surface area contributed by atoms with Crippen LogP contribution in [0.5, 0.6) is 0 Å². The Kier molecular flexibility index (Phi) is 5.85. The third-order valence-electron chi connectivity index (χ3n) is 4.96. The van der Waals surface area contributed by atoms with Gasteiger partial charge in [0.25, 0.3) is 0 Å². The first-order valence-electron chi connectivity index (χ1n) is 9.12. The third-order valence-corrected chi connectivity index (χ3v) is 4.96. The van der Waals surface area contributed by atoms with Gasteiger partial charge in [-0.3, -0.25) is 19.8 Å². The van der Waals surface area contributed by atoms with Crippen LogP contribution in [-0.4, -0.2) is 56.3 Å². The first-order chi connectivity index (χ1) is 12.9. The molecule has 1 aliphatic heterocycles. The van der Waals surface area contributed by atoms with Crippen LogP contribution in [-0.2, 0) is 29.0 Å². The summed E-state index contributed by atoms with van der Waals surface area (Å²) in [6.07, 6.45) is 1.73. The van der Waals surface area contributed by atoms with Crippen LogP contribution in [0.25, 0.3) is 0 Å². The zero-order valence-electron chi connectivity index (χ0n) is 15.6. The molecule has 0 saturated carbocycles. The molecule has 0 saturated heterocycles. The van der Waals surface area contributed by atoms with Crippen molar-refractivity contribution in [3.05, 3.63) is 41.7 Å².